The average molecular weight is 267 g/mol. The van der Waals surface area contributed by atoms with Gasteiger partial charge >= 0.3 is 0 Å². The molecule has 1 aromatic carbocycles. The summed E-state index contributed by atoms with van der Waals surface area (Å²) in [6.07, 6.45) is 1.58. The number of aromatic nitrogens is 1. The van der Waals surface area contributed by atoms with Gasteiger partial charge < -0.3 is 10.5 Å². The Kier molecular flexibility index (Phi) is 3.79. The molecule has 0 fully saturated rings. The number of rotatable bonds is 3. The molecule has 94 valence electrons. The third kappa shape index (κ3) is 2.78. The van der Waals surface area contributed by atoms with Gasteiger partial charge in [-0.05, 0) is 30.2 Å². The van der Waals surface area contributed by atoms with E-state index in [-0.39, 0.29) is 11.7 Å². The monoisotopic (exact) mass is 266 g/mol. The van der Waals surface area contributed by atoms with E-state index in [4.69, 9.17) is 22.1 Å². The molecule has 0 bridgehead atoms. The Balaban J connectivity index is 2.31. The lowest BCUT2D eigenvalue weighted by Crippen LogP contribution is -1.98. The van der Waals surface area contributed by atoms with Crippen LogP contribution in [0.25, 0.3) is 0 Å². The minimum absolute atomic E-state index is 0.238. The van der Waals surface area contributed by atoms with E-state index in [2.05, 4.69) is 4.98 Å². The average Bonchev–Trinajstić information content (AvgIpc) is 2.36. The summed E-state index contributed by atoms with van der Waals surface area (Å²) in [7, 11) is 0. The molecule has 0 spiro atoms. The first-order valence-electron chi connectivity index (χ1n) is 5.38. The lowest BCUT2D eigenvalue weighted by atomic mass is 10.2. The molecule has 18 heavy (non-hydrogen) atoms. The molecule has 1 aromatic heterocycles. The van der Waals surface area contributed by atoms with E-state index < -0.39 is 0 Å². The number of aryl methyl sites for hydroxylation is 1. The predicted octanol–water partition coefficient (Wildman–Crippen LogP) is 3.43. The third-order valence-electron chi connectivity index (χ3n) is 2.46. The zero-order valence-electron chi connectivity index (χ0n) is 9.78. The molecule has 0 unspecified atom stereocenters. The standard InChI is InChI=1S/C13H12ClFN2O/c1-8-2-3-10(15)5-12(8)18-13-11(14)4-9(6-16)7-17-13/h2-5,7H,6,16H2,1H3. The summed E-state index contributed by atoms with van der Waals surface area (Å²) >= 11 is 6.01. The van der Waals surface area contributed by atoms with Crippen LogP contribution in [0.1, 0.15) is 11.1 Å². The zero-order chi connectivity index (χ0) is 13.1. The van der Waals surface area contributed by atoms with Crippen LogP contribution in [0.4, 0.5) is 4.39 Å². The fourth-order valence-corrected chi connectivity index (χ4v) is 1.67. The van der Waals surface area contributed by atoms with Crippen LogP contribution in [-0.4, -0.2) is 4.98 Å². The van der Waals surface area contributed by atoms with Gasteiger partial charge in [0.25, 0.3) is 0 Å². The van der Waals surface area contributed by atoms with Crippen LogP contribution in [0.3, 0.4) is 0 Å². The summed E-state index contributed by atoms with van der Waals surface area (Å²) in [6, 6.07) is 5.98. The van der Waals surface area contributed by atoms with E-state index in [1.54, 1.807) is 18.3 Å². The Morgan fingerprint density at radius 2 is 2.17 bits per heavy atom. The molecule has 2 N–H and O–H groups in total. The van der Waals surface area contributed by atoms with Crippen molar-refractivity contribution >= 4 is 11.6 Å². The van der Waals surface area contributed by atoms with Crippen LogP contribution in [0.15, 0.2) is 30.5 Å². The Bertz CT molecular complexity index is 575. The van der Waals surface area contributed by atoms with Crippen molar-refractivity contribution in [3.63, 3.8) is 0 Å². The maximum absolute atomic E-state index is 13.1. The molecule has 2 aromatic rings. The summed E-state index contributed by atoms with van der Waals surface area (Å²) in [5.41, 5.74) is 7.09. The zero-order valence-corrected chi connectivity index (χ0v) is 10.5. The van der Waals surface area contributed by atoms with Gasteiger partial charge in [0.1, 0.15) is 16.6 Å². The smallest absolute Gasteiger partial charge is 0.238 e. The molecule has 0 aliphatic rings. The van der Waals surface area contributed by atoms with Crippen molar-refractivity contribution in [3.05, 3.63) is 52.4 Å². The summed E-state index contributed by atoms with van der Waals surface area (Å²) < 4.78 is 18.6. The SMILES string of the molecule is Cc1ccc(F)cc1Oc1ncc(CN)cc1Cl. The van der Waals surface area contributed by atoms with Crippen molar-refractivity contribution < 1.29 is 9.13 Å². The van der Waals surface area contributed by atoms with Crippen LogP contribution < -0.4 is 10.5 Å². The molecule has 2 rings (SSSR count). The van der Waals surface area contributed by atoms with E-state index in [9.17, 15) is 4.39 Å². The van der Waals surface area contributed by atoms with Crippen molar-refractivity contribution in [1.82, 2.24) is 4.98 Å². The molecule has 1 heterocycles. The Morgan fingerprint density at radius 3 is 2.83 bits per heavy atom. The molecule has 0 aliphatic heterocycles. The van der Waals surface area contributed by atoms with E-state index in [1.165, 1.54) is 12.1 Å². The fraction of sp³-hybridized carbons (Fsp3) is 0.154. The Morgan fingerprint density at radius 1 is 1.39 bits per heavy atom. The van der Waals surface area contributed by atoms with Crippen LogP contribution in [0, 0.1) is 12.7 Å². The van der Waals surface area contributed by atoms with Crippen molar-refractivity contribution in [2.45, 2.75) is 13.5 Å². The highest BCUT2D eigenvalue weighted by Gasteiger charge is 2.08. The van der Waals surface area contributed by atoms with Crippen molar-refractivity contribution in [2.75, 3.05) is 0 Å². The second kappa shape index (κ2) is 5.33. The number of ether oxygens (including phenoxy) is 1. The highest BCUT2D eigenvalue weighted by atomic mass is 35.5. The van der Waals surface area contributed by atoms with Gasteiger partial charge in [0.05, 0.1) is 0 Å². The van der Waals surface area contributed by atoms with Gasteiger partial charge in [-0.1, -0.05) is 17.7 Å². The van der Waals surface area contributed by atoms with Crippen LogP contribution in [-0.2, 0) is 6.54 Å². The van der Waals surface area contributed by atoms with Gasteiger partial charge in [-0.15, -0.1) is 0 Å². The lowest BCUT2D eigenvalue weighted by molar-refractivity contribution is 0.454. The third-order valence-corrected chi connectivity index (χ3v) is 2.73. The minimum Gasteiger partial charge on any atom is -0.437 e. The summed E-state index contributed by atoms with van der Waals surface area (Å²) in [5.74, 6) is 0.262. The minimum atomic E-state index is -0.370. The normalized spacial score (nSPS) is 10.4. The number of hydrogen-bond donors (Lipinski definition) is 1. The first-order valence-corrected chi connectivity index (χ1v) is 5.76. The quantitative estimate of drug-likeness (QED) is 0.926. The largest absolute Gasteiger partial charge is 0.437 e. The molecular formula is C13H12ClFN2O. The molecule has 0 atom stereocenters. The number of pyridine rings is 1. The molecule has 0 saturated carbocycles. The highest BCUT2D eigenvalue weighted by molar-refractivity contribution is 6.31. The summed E-state index contributed by atoms with van der Waals surface area (Å²) in [6.45, 7) is 2.17. The fourth-order valence-electron chi connectivity index (χ4n) is 1.44. The van der Waals surface area contributed by atoms with Crippen LogP contribution in [0.2, 0.25) is 5.02 Å². The first-order chi connectivity index (χ1) is 8.60. The van der Waals surface area contributed by atoms with Gasteiger partial charge in [0, 0.05) is 18.8 Å². The van der Waals surface area contributed by atoms with Crippen molar-refractivity contribution in [3.8, 4) is 11.6 Å². The van der Waals surface area contributed by atoms with E-state index in [1.807, 2.05) is 6.92 Å². The number of nitrogens with zero attached hydrogens (tertiary/aromatic N) is 1. The number of hydrogen-bond acceptors (Lipinski definition) is 3. The van der Waals surface area contributed by atoms with E-state index in [0.29, 0.717) is 17.3 Å². The maximum atomic E-state index is 13.1. The molecule has 0 amide bonds. The van der Waals surface area contributed by atoms with E-state index >= 15 is 0 Å². The number of nitrogens with two attached hydrogens (primary N) is 1. The molecule has 0 saturated heterocycles. The van der Waals surface area contributed by atoms with Crippen molar-refractivity contribution in [2.24, 2.45) is 5.73 Å². The Hall–Kier alpha value is -1.65. The number of halogens is 2. The van der Waals surface area contributed by atoms with Gasteiger partial charge in [-0.3, -0.25) is 0 Å². The second-order valence-electron chi connectivity index (χ2n) is 3.85. The van der Waals surface area contributed by atoms with E-state index in [0.717, 1.165) is 11.1 Å². The van der Waals surface area contributed by atoms with Crippen molar-refractivity contribution in [1.29, 1.82) is 0 Å². The topological polar surface area (TPSA) is 48.1 Å². The van der Waals surface area contributed by atoms with Gasteiger partial charge in [0.2, 0.25) is 5.88 Å². The highest BCUT2D eigenvalue weighted by Crippen LogP contribution is 2.29. The molecular weight excluding hydrogens is 255 g/mol. The number of benzene rings is 1. The predicted molar refractivity (Wildman–Crippen MR) is 68.3 cm³/mol. The first kappa shape index (κ1) is 12.8. The molecule has 0 radical (unpaired) electrons. The summed E-state index contributed by atoms with van der Waals surface area (Å²) in [4.78, 5) is 4.06. The van der Waals surface area contributed by atoms with Gasteiger partial charge in [0.15, 0.2) is 0 Å². The van der Waals surface area contributed by atoms with Crippen LogP contribution >= 0.6 is 11.6 Å². The second-order valence-corrected chi connectivity index (χ2v) is 4.25. The van der Waals surface area contributed by atoms with Gasteiger partial charge in [-0.2, -0.15) is 0 Å². The van der Waals surface area contributed by atoms with Crippen LogP contribution in [0.5, 0.6) is 11.6 Å². The molecule has 3 nitrogen and oxygen atoms in total. The lowest BCUT2D eigenvalue weighted by Gasteiger charge is -2.09. The Labute approximate surface area is 109 Å². The molecule has 5 heteroatoms. The summed E-state index contributed by atoms with van der Waals surface area (Å²) in [5, 5.41) is 0.349. The molecule has 0 aliphatic carbocycles. The van der Waals surface area contributed by atoms with Gasteiger partial charge in [-0.25, -0.2) is 9.37 Å². The maximum Gasteiger partial charge on any atom is 0.238 e.